The van der Waals surface area contributed by atoms with Gasteiger partial charge in [-0.15, -0.1) is 0 Å². The third-order valence-electron chi connectivity index (χ3n) is 3.04. The van der Waals surface area contributed by atoms with Crippen molar-refractivity contribution in [1.82, 2.24) is 10.9 Å². The van der Waals surface area contributed by atoms with Crippen LogP contribution in [0.25, 0.3) is 0 Å². The lowest BCUT2D eigenvalue weighted by atomic mass is 10.1. The van der Waals surface area contributed by atoms with Crippen molar-refractivity contribution < 1.29 is 4.79 Å². The zero-order valence-electron chi connectivity index (χ0n) is 10.5. The third-order valence-corrected chi connectivity index (χ3v) is 3.30. The number of amidine groups is 1. The van der Waals surface area contributed by atoms with Crippen LogP contribution in [0.5, 0.6) is 0 Å². The van der Waals surface area contributed by atoms with Gasteiger partial charge in [-0.05, 0) is 29.8 Å². The number of carbonyl (C=O) groups is 1. The van der Waals surface area contributed by atoms with Gasteiger partial charge in [-0.25, -0.2) is 4.99 Å². The summed E-state index contributed by atoms with van der Waals surface area (Å²) in [7, 11) is 0. The first-order valence-electron chi connectivity index (χ1n) is 6.18. The average Bonchev–Trinajstić information content (AvgIpc) is 2.50. The Morgan fingerprint density at radius 1 is 0.950 bits per heavy atom. The summed E-state index contributed by atoms with van der Waals surface area (Å²) in [6.07, 6.45) is 0. The van der Waals surface area contributed by atoms with Crippen LogP contribution >= 0.6 is 11.6 Å². The van der Waals surface area contributed by atoms with Gasteiger partial charge in [0.1, 0.15) is 5.84 Å². The molecular formula is C15H12ClN3O. The first kappa shape index (κ1) is 12.7. The molecule has 0 aliphatic carbocycles. The Morgan fingerprint density at radius 2 is 1.65 bits per heavy atom. The molecule has 2 aromatic rings. The predicted molar refractivity (Wildman–Crippen MR) is 78.5 cm³/mol. The lowest BCUT2D eigenvalue weighted by Crippen LogP contribution is -2.48. The van der Waals surface area contributed by atoms with Crippen molar-refractivity contribution in [2.24, 2.45) is 4.99 Å². The van der Waals surface area contributed by atoms with E-state index < -0.39 is 6.04 Å². The normalized spacial score (nSPS) is 17.9. The molecule has 0 saturated carbocycles. The number of hydrogen-bond acceptors (Lipinski definition) is 3. The second-order valence-corrected chi connectivity index (χ2v) is 4.85. The number of nitrogens with one attached hydrogen (secondary N) is 2. The maximum absolute atomic E-state index is 11.9. The largest absolute Gasteiger partial charge is 0.282 e. The fraction of sp³-hybridized carbons (Fsp3) is 0.0667. The topological polar surface area (TPSA) is 53.5 Å². The van der Waals surface area contributed by atoms with Crippen LogP contribution in [-0.2, 0) is 4.79 Å². The van der Waals surface area contributed by atoms with Gasteiger partial charge in [-0.2, -0.15) is 0 Å². The molecular weight excluding hydrogens is 274 g/mol. The highest BCUT2D eigenvalue weighted by Gasteiger charge is 2.25. The molecule has 2 N–H and O–H groups in total. The summed E-state index contributed by atoms with van der Waals surface area (Å²) in [5, 5.41) is 0.661. The van der Waals surface area contributed by atoms with Gasteiger partial charge in [-0.3, -0.25) is 15.6 Å². The zero-order valence-corrected chi connectivity index (χ0v) is 11.3. The number of amides is 1. The molecule has 1 aliphatic rings. The minimum atomic E-state index is -0.539. The third kappa shape index (κ3) is 2.51. The molecule has 1 atom stereocenters. The quantitative estimate of drug-likeness (QED) is 0.890. The Bertz CT molecular complexity index is 653. The Morgan fingerprint density at radius 3 is 2.35 bits per heavy atom. The van der Waals surface area contributed by atoms with Gasteiger partial charge >= 0.3 is 0 Å². The summed E-state index contributed by atoms with van der Waals surface area (Å²) < 4.78 is 0. The standard InChI is InChI=1S/C15H12ClN3O/c16-12-8-6-11(7-9-12)14-17-13(15(20)19-18-14)10-4-2-1-3-5-10/h1-9,13H,(H,17,18)(H,19,20). The summed E-state index contributed by atoms with van der Waals surface area (Å²) in [5.41, 5.74) is 7.18. The second-order valence-electron chi connectivity index (χ2n) is 4.41. The molecule has 3 rings (SSSR count). The molecule has 1 unspecified atom stereocenters. The van der Waals surface area contributed by atoms with E-state index in [0.29, 0.717) is 10.9 Å². The van der Waals surface area contributed by atoms with Crippen molar-refractivity contribution in [3.8, 4) is 0 Å². The van der Waals surface area contributed by atoms with Crippen molar-refractivity contribution in [2.75, 3.05) is 0 Å². The molecule has 0 radical (unpaired) electrons. The van der Waals surface area contributed by atoms with Crippen molar-refractivity contribution in [1.29, 1.82) is 0 Å². The molecule has 0 fully saturated rings. The molecule has 4 nitrogen and oxygen atoms in total. The van der Waals surface area contributed by atoms with Crippen molar-refractivity contribution in [3.05, 3.63) is 70.7 Å². The van der Waals surface area contributed by atoms with E-state index in [4.69, 9.17) is 11.6 Å². The summed E-state index contributed by atoms with van der Waals surface area (Å²) in [6.45, 7) is 0. The number of hydrogen-bond donors (Lipinski definition) is 2. The molecule has 1 amide bonds. The van der Waals surface area contributed by atoms with Gasteiger partial charge in [0.05, 0.1) is 0 Å². The first-order valence-corrected chi connectivity index (χ1v) is 6.56. The smallest absolute Gasteiger partial charge is 0.267 e. The number of hydrazine groups is 1. The molecule has 0 bridgehead atoms. The molecule has 1 aliphatic heterocycles. The number of halogens is 1. The molecule has 1 heterocycles. The molecule has 5 heteroatoms. The first-order chi connectivity index (χ1) is 9.74. The molecule has 0 saturated heterocycles. The van der Waals surface area contributed by atoms with Crippen LogP contribution in [0.3, 0.4) is 0 Å². The minimum Gasteiger partial charge on any atom is -0.282 e. The fourth-order valence-corrected chi connectivity index (χ4v) is 2.15. The van der Waals surface area contributed by atoms with E-state index >= 15 is 0 Å². The van der Waals surface area contributed by atoms with Crippen LogP contribution in [0, 0.1) is 0 Å². The highest BCUT2D eigenvalue weighted by molar-refractivity contribution is 6.30. The lowest BCUT2D eigenvalue weighted by molar-refractivity contribution is -0.123. The van der Waals surface area contributed by atoms with Crippen LogP contribution in [-0.4, -0.2) is 11.7 Å². The van der Waals surface area contributed by atoms with Gasteiger partial charge in [-0.1, -0.05) is 41.9 Å². The van der Waals surface area contributed by atoms with E-state index in [1.54, 1.807) is 12.1 Å². The van der Waals surface area contributed by atoms with Crippen molar-refractivity contribution >= 4 is 23.3 Å². The zero-order chi connectivity index (χ0) is 13.9. The molecule has 0 aromatic heterocycles. The summed E-state index contributed by atoms with van der Waals surface area (Å²) in [4.78, 5) is 16.4. The number of rotatable bonds is 2. The second kappa shape index (κ2) is 5.35. The van der Waals surface area contributed by atoms with Crippen LogP contribution in [0.15, 0.2) is 59.6 Å². The maximum Gasteiger partial charge on any atom is 0.267 e. The molecule has 2 aromatic carbocycles. The van der Waals surface area contributed by atoms with Crippen LogP contribution in [0.1, 0.15) is 17.2 Å². The van der Waals surface area contributed by atoms with Crippen molar-refractivity contribution in [3.63, 3.8) is 0 Å². The van der Waals surface area contributed by atoms with Crippen LogP contribution in [0.2, 0.25) is 5.02 Å². The molecule has 100 valence electrons. The maximum atomic E-state index is 11.9. The summed E-state index contributed by atoms with van der Waals surface area (Å²) in [6, 6.07) is 16.2. The molecule has 0 spiro atoms. The fourth-order valence-electron chi connectivity index (χ4n) is 2.02. The van der Waals surface area contributed by atoms with Gasteiger partial charge < -0.3 is 0 Å². The summed E-state index contributed by atoms with van der Waals surface area (Å²) >= 11 is 5.87. The van der Waals surface area contributed by atoms with Gasteiger partial charge in [0.25, 0.3) is 5.91 Å². The monoisotopic (exact) mass is 285 g/mol. The van der Waals surface area contributed by atoms with Crippen molar-refractivity contribution in [2.45, 2.75) is 6.04 Å². The van der Waals surface area contributed by atoms with Gasteiger partial charge in [0.2, 0.25) is 0 Å². The minimum absolute atomic E-state index is 0.172. The Hall–Kier alpha value is -2.33. The Labute approximate surface area is 121 Å². The Balaban J connectivity index is 1.96. The number of carbonyl (C=O) groups excluding carboxylic acids is 1. The number of benzene rings is 2. The number of nitrogens with zero attached hydrogens (tertiary/aromatic N) is 1. The van der Waals surface area contributed by atoms with Crippen LogP contribution in [0.4, 0.5) is 0 Å². The number of aliphatic imine (C=N–C) groups is 1. The average molecular weight is 286 g/mol. The van der Waals surface area contributed by atoms with Gasteiger partial charge in [0.15, 0.2) is 6.04 Å². The van der Waals surface area contributed by atoms with Gasteiger partial charge in [0, 0.05) is 10.6 Å². The van der Waals surface area contributed by atoms with E-state index in [1.807, 2.05) is 42.5 Å². The molecule has 20 heavy (non-hydrogen) atoms. The van der Waals surface area contributed by atoms with E-state index in [0.717, 1.165) is 11.1 Å². The Kier molecular flexibility index (Phi) is 3.39. The lowest BCUT2D eigenvalue weighted by Gasteiger charge is -2.22. The summed E-state index contributed by atoms with van der Waals surface area (Å²) in [5.74, 6) is 0.448. The van der Waals surface area contributed by atoms with Crippen LogP contribution < -0.4 is 10.9 Å². The SMILES string of the molecule is O=C1NNC(c2ccc(Cl)cc2)=NC1c1ccccc1. The highest BCUT2D eigenvalue weighted by Crippen LogP contribution is 2.20. The highest BCUT2D eigenvalue weighted by atomic mass is 35.5. The predicted octanol–water partition coefficient (Wildman–Crippen LogP) is 2.46. The van der Waals surface area contributed by atoms with E-state index in [9.17, 15) is 4.79 Å². The van der Waals surface area contributed by atoms with E-state index in [1.165, 1.54) is 0 Å². The van der Waals surface area contributed by atoms with E-state index in [2.05, 4.69) is 15.8 Å². The van der Waals surface area contributed by atoms with E-state index in [-0.39, 0.29) is 5.91 Å².